The summed E-state index contributed by atoms with van der Waals surface area (Å²) in [6, 6.07) is 6.25. The highest BCUT2D eigenvalue weighted by atomic mass is 32.2. The Balaban J connectivity index is 1.41. The minimum Gasteiger partial charge on any atom is -0.493 e. The van der Waals surface area contributed by atoms with Crippen molar-refractivity contribution >= 4 is 23.6 Å². The first-order valence-electron chi connectivity index (χ1n) is 11.0. The predicted octanol–water partition coefficient (Wildman–Crippen LogP) is 3.37. The lowest BCUT2D eigenvalue weighted by Crippen LogP contribution is -2.31. The zero-order chi connectivity index (χ0) is 21.8. The average molecular weight is 446 g/mol. The van der Waals surface area contributed by atoms with Gasteiger partial charge in [-0.25, -0.2) is 0 Å². The van der Waals surface area contributed by atoms with Crippen molar-refractivity contribution in [2.75, 3.05) is 44.5 Å². The van der Waals surface area contributed by atoms with Gasteiger partial charge in [0.15, 0.2) is 16.7 Å². The summed E-state index contributed by atoms with van der Waals surface area (Å²) in [7, 11) is 3.24. The number of ether oxygens (including phenoxy) is 2. The van der Waals surface area contributed by atoms with Crippen molar-refractivity contribution in [2.45, 2.75) is 50.4 Å². The molecule has 2 heterocycles. The van der Waals surface area contributed by atoms with E-state index in [-0.39, 0.29) is 5.91 Å². The van der Waals surface area contributed by atoms with Crippen LogP contribution >= 0.6 is 11.8 Å². The van der Waals surface area contributed by atoms with E-state index in [1.54, 1.807) is 14.2 Å². The summed E-state index contributed by atoms with van der Waals surface area (Å²) in [5, 5.41) is 9.77. The van der Waals surface area contributed by atoms with E-state index in [1.165, 1.54) is 37.4 Å². The fourth-order valence-corrected chi connectivity index (χ4v) is 4.85. The molecule has 0 bridgehead atoms. The van der Waals surface area contributed by atoms with Gasteiger partial charge in [0.05, 0.1) is 20.0 Å². The van der Waals surface area contributed by atoms with Crippen molar-refractivity contribution < 1.29 is 14.3 Å². The molecule has 1 aliphatic carbocycles. The Hall–Kier alpha value is -2.42. The Kier molecular flexibility index (Phi) is 6.89. The maximum atomic E-state index is 13.0. The zero-order valence-corrected chi connectivity index (χ0v) is 19.4. The number of anilines is 1. The van der Waals surface area contributed by atoms with Crippen LogP contribution in [0.15, 0.2) is 23.4 Å². The molecule has 4 rings (SSSR count). The molecule has 31 heavy (non-hydrogen) atoms. The van der Waals surface area contributed by atoms with Gasteiger partial charge in [0.25, 0.3) is 0 Å². The van der Waals surface area contributed by atoms with Crippen molar-refractivity contribution in [3.63, 3.8) is 0 Å². The van der Waals surface area contributed by atoms with Gasteiger partial charge < -0.3 is 19.3 Å². The summed E-state index contributed by atoms with van der Waals surface area (Å²) in [5.41, 5.74) is 1.01. The molecule has 2 aromatic rings. The number of hydrogen-bond acceptors (Lipinski definition) is 7. The van der Waals surface area contributed by atoms with Gasteiger partial charge >= 0.3 is 0 Å². The quantitative estimate of drug-likeness (QED) is 0.519. The molecule has 1 saturated heterocycles. The smallest absolute Gasteiger partial charge is 0.233 e. The van der Waals surface area contributed by atoms with E-state index < -0.39 is 0 Å². The van der Waals surface area contributed by atoms with E-state index in [0.29, 0.717) is 36.4 Å². The fraction of sp³-hybridized carbons (Fsp3) is 0.591. The topological polar surface area (TPSA) is 72.7 Å². The summed E-state index contributed by atoms with van der Waals surface area (Å²) >= 11 is 1.50. The number of carbonyl (C=O) groups excluding carboxylic acids is 1. The lowest BCUT2D eigenvalue weighted by atomic mass is 10.2. The lowest BCUT2D eigenvalue weighted by molar-refractivity contribution is -0.128. The molecule has 1 aromatic carbocycles. The molecule has 2 aliphatic rings. The number of hydrogen-bond donors (Lipinski definition) is 0. The number of carbonyl (C=O) groups is 1. The summed E-state index contributed by atoms with van der Waals surface area (Å²) in [4.78, 5) is 17.2. The van der Waals surface area contributed by atoms with Crippen LogP contribution in [0.25, 0.3) is 0 Å². The standard InChI is InChI=1S/C22H31N5O3S/c1-4-25(14-16-7-10-18(29-2)19(13-16)30-3)20(28)15-31-22-24-23-21(26-11-5-6-12-26)27(22)17-8-9-17/h7,10,13,17H,4-6,8-9,11-12,14-15H2,1-3H3. The van der Waals surface area contributed by atoms with E-state index in [1.807, 2.05) is 30.0 Å². The Bertz CT molecular complexity index is 909. The molecular weight excluding hydrogens is 414 g/mol. The van der Waals surface area contributed by atoms with Gasteiger partial charge in [-0.05, 0) is 50.3 Å². The number of methoxy groups -OCH3 is 2. The van der Waals surface area contributed by atoms with Crippen LogP contribution in [0.3, 0.4) is 0 Å². The van der Waals surface area contributed by atoms with E-state index in [4.69, 9.17) is 9.47 Å². The normalized spacial score (nSPS) is 15.9. The van der Waals surface area contributed by atoms with Crippen LogP contribution in [0.1, 0.15) is 44.2 Å². The largest absolute Gasteiger partial charge is 0.493 e. The first-order chi connectivity index (χ1) is 15.1. The second-order valence-corrected chi connectivity index (χ2v) is 8.91. The third kappa shape index (κ3) is 4.92. The van der Waals surface area contributed by atoms with Crippen LogP contribution in [-0.4, -0.2) is 65.2 Å². The third-order valence-corrected chi connectivity index (χ3v) is 6.76. The minimum absolute atomic E-state index is 0.0929. The molecule has 2 fully saturated rings. The van der Waals surface area contributed by atoms with Gasteiger partial charge in [-0.15, -0.1) is 10.2 Å². The van der Waals surface area contributed by atoms with E-state index in [9.17, 15) is 4.79 Å². The van der Waals surface area contributed by atoms with E-state index in [2.05, 4.69) is 19.7 Å². The molecule has 1 saturated carbocycles. The number of thioether (sulfide) groups is 1. The first-order valence-corrected chi connectivity index (χ1v) is 11.9. The molecule has 0 unspecified atom stereocenters. The molecule has 0 spiro atoms. The van der Waals surface area contributed by atoms with Crippen LogP contribution in [0, 0.1) is 0 Å². The summed E-state index contributed by atoms with van der Waals surface area (Å²) in [5.74, 6) is 2.78. The van der Waals surface area contributed by atoms with Gasteiger partial charge in [-0.2, -0.15) is 0 Å². The molecule has 0 N–H and O–H groups in total. The molecule has 168 valence electrons. The Morgan fingerprint density at radius 1 is 1.16 bits per heavy atom. The molecule has 1 aromatic heterocycles. The van der Waals surface area contributed by atoms with Crippen molar-refractivity contribution in [1.29, 1.82) is 0 Å². The SMILES string of the molecule is CCN(Cc1ccc(OC)c(OC)c1)C(=O)CSc1nnc(N2CCCC2)n1C1CC1. The zero-order valence-electron chi connectivity index (χ0n) is 18.5. The van der Waals surface area contributed by atoms with Crippen molar-refractivity contribution in [3.05, 3.63) is 23.8 Å². The molecular formula is C22H31N5O3S. The molecule has 1 aliphatic heterocycles. The fourth-order valence-electron chi connectivity index (χ4n) is 3.95. The van der Waals surface area contributed by atoms with Crippen LogP contribution in [-0.2, 0) is 11.3 Å². The third-order valence-electron chi connectivity index (χ3n) is 5.83. The van der Waals surface area contributed by atoms with Crippen molar-refractivity contribution in [3.8, 4) is 11.5 Å². The Labute approximate surface area is 187 Å². The first kappa shape index (κ1) is 21.8. The van der Waals surface area contributed by atoms with Crippen LogP contribution < -0.4 is 14.4 Å². The number of amides is 1. The van der Waals surface area contributed by atoms with Crippen molar-refractivity contribution in [1.82, 2.24) is 19.7 Å². The van der Waals surface area contributed by atoms with Crippen LogP contribution in [0.2, 0.25) is 0 Å². The number of aromatic nitrogens is 3. The molecule has 0 radical (unpaired) electrons. The van der Waals surface area contributed by atoms with Gasteiger partial charge in [-0.3, -0.25) is 9.36 Å². The number of rotatable bonds is 10. The maximum absolute atomic E-state index is 13.0. The molecule has 0 atom stereocenters. The second-order valence-electron chi connectivity index (χ2n) is 7.96. The molecule has 1 amide bonds. The van der Waals surface area contributed by atoms with Crippen LogP contribution in [0.4, 0.5) is 5.95 Å². The highest BCUT2D eigenvalue weighted by Gasteiger charge is 2.32. The van der Waals surface area contributed by atoms with Gasteiger partial charge in [-0.1, -0.05) is 17.8 Å². The second kappa shape index (κ2) is 9.80. The Morgan fingerprint density at radius 2 is 1.90 bits per heavy atom. The van der Waals surface area contributed by atoms with E-state index in [0.717, 1.165) is 29.8 Å². The monoisotopic (exact) mass is 445 g/mol. The molecule has 8 nitrogen and oxygen atoms in total. The highest BCUT2D eigenvalue weighted by Crippen LogP contribution is 2.41. The Morgan fingerprint density at radius 3 is 2.55 bits per heavy atom. The summed E-state index contributed by atoms with van der Waals surface area (Å²) in [6.45, 7) is 5.26. The van der Waals surface area contributed by atoms with Crippen molar-refractivity contribution in [2.24, 2.45) is 0 Å². The minimum atomic E-state index is 0.0929. The van der Waals surface area contributed by atoms with E-state index >= 15 is 0 Å². The van der Waals surface area contributed by atoms with Gasteiger partial charge in [0.2, 0.25) is 11.9 Å². The van der Waals surface area contributed by atoms with Gasteiger partial charge in [0.1, 0.15) is 0 Å². The average Bonchev–Trinajstić information content (AvgIpc) is 3.31. The van der Waals surface area contributed by atoms with Crippen LogP contribution in [0.5, 0.6) is 11.5 Å². The summed E-state index contributed by atoms with van der Waals surface area (Å²) in [6.07, 6.45) is 4.75. The number of nitrogens with zero attached hydrogens (tertiary/aromatic N) is 5. The number of benzene rings is 1. The predicted molar refractivity (Wildman–Crippen MR) is 121 cm³/mol. The lowest BCUT2D eigenvalue weighted by Gasteiger charge is -2.22. The molecule has 9 heteroatoms. The highest BCUT2D eigenvalue weighted by molar-refractivity contribution is 7.99. The maximum Gasteiger partial charge on any atom is 0.233 e. The van der Waals surface area contributed by atoms with Gasteiger partial charge in [0, 0.05) is 32.2 Å². The summed E-state index contributed by atoms with van der Waals surface area (Å²) < 4.78 is 13.0.